The fourth-order valence-corrected chi connectivity index (χ4v) is 3.00. The second-order valence-corrected chi connectivity index (χ2v) is 6.05. The molecular weight excluding hydrogens is 338 g/mol. The van der Waals surface area contributed by atoms with Crippen LogP contribution in [-0.4, -0.2) is 40.9 Å². The van der Waals surface area contributed by atoms with Crippen LogP contribution in [0.3, 0.4) is 0 Å². The van der Waals surface area contributed by atoms with Gasteiger partial charge in [0.15, 0.2) is 5.78 Å². The number of ether oxygens (including phenoxy) is 1. The molecule has 1 fully saturated rings. The topological polar surface area (TPSA) is 124 Å². The molecule has 0 unspecified atom stereocenters. The summed E-state index contributed by atoms with van der Waals surface area (Å²) in [5.41, 5.74) is 5.98. The van der Waals surface area contributed by atoms with Crippen molar-refractivity contribution in [2.45, 2.75) is 12.8 Å². The quantitative estimate of drug-likeness (QED) is 0.490. The Kier molecular flexibility index (Phi) is 4.97. The SMILES string of the molecule is COc1ccc(C(=O)C2CCN(c3ncc([N+](=O)[O-])c(N)n3)CC2)cc1. The van der Waals surface area contributed by atoms with E-state index in [-0.39, 0.29) is 23.2 Å². The first-order valence-electron chi connectivity index (χ1n) is 8.19. The molecule has 1 aliphatic heterocycles. The van der Waals surface area contributed by atoms with Crippen LogP contribution < -0.4 is 15.4 Å². The molecule has 1 saturated heterocycles. The normalized spacial score (nSPS) is 14.9. The summed E-state index contributed by atoms with van der Waals surface area (Å²) in [6, 6.07) is 7.09. The van der Waals surface area contributed by atoms with Gasteiger partial charge in [-0.05, 0) is 37.1 Å². The van der Waals surface area contributed by atoms with E-state index in [1.807, 2.05) is 4.90 Å². The highest BCUT2D eigenvalue weighted by Gasteiger charge is 2.27. The molecule has 26 heavy (non-hydrogen) atoms. The average molecular weight is 357 g/mol. The Bertz CT molecular complexity index is 816. The van der Waals surface area contributed by atoms with Crippen LogP contribution in [0.1, 0.15) is 23.2 Å². The highest BCUT2D eigenvalue weighted by Crippen LogP contribution is 2.26. The molecule has 0 aliphatic carbocycles. The Morgan fingerprint density at radius 3 is 2.50 bits per heavy atom. The molecule has 0 radical (unpaired) electrons. The van der Waals surface area contributed by atoms with Gasteiger partial charge in [-0.3, -0.25) is 14.9 Å². The maximum Gasteiger partial charge on any atom is 0.329 e. The number of carbonyl (C=O) groups excluding carboxylic acids is 1. The first-order valence-corrected chi connectivity index (χ1v) is 8.19. The number of Topliss-reactive ketones (excluding diaryl/α,β-unsaturated/α-hetero) is 1. The van der Waals surface area contributed by atoms with Crippen molar-refractivity contribution in [2.75, 3.05) is 30.8 Å². The van der Waals surface area contributed by atoms with Crippen LogP contribution in [0.15, 0.2) is 30.5 Å². The predicted molar refractivity (Wildman–Crippen MR) is 95.4 cm³/mol. The molecule has 0 atom stereocenters. The number of nitrogens with zero attached hydrogens (tertiary/aromatic N) is 4. The zero-order chi connectivity index (χ0) is 18.7. The van der Waals surface area contributed by atoms with Gasteiger partial charge in [0.25, 0.3) is 0 Å². The first-order chi connectivity index (χ1) is 12.5. The lowest BCUT2D eigenvalue weighted by Crippen LogP contribution is -2.37. The van der Waals surface area contributed by atoms with Crippen molar-refractivity contribution in [3.05, 3.63) is 46.1 Å². The van der Waals surface area contributed by atoms with Gasteiger partial charge in [-0.15, -0.1) is 0 Å². The van der Waals surface area contributed by atoms with Crippen molar-refractivity contribution < 1.29 is 14.5 Å². The molecule has 1 aromatic carbocycles. The first kappa shape index (κ1) is 17.6. The Morgan fingerprint density at radius 2 is 1.96 bits per heavy atom. The highest BCUT2D eigenvalue weighted by molar-refractivity contribution is 5.98. The summed E-state index contributed by atoms with van der Waals surface area (Å²) < 4.78 is 5.11. The van der Waals surface area contributed by atoms with E-state index >= 15 is 0 Å². The van der Waals surface area contributed by atoms with Gasteiger partial charge in [0, 0.05) is 24.6 Å². The van der Waals surface area contributed by atoms with Crippen molar-refractivity contribution >= 4 is 23.2 Å². The summed E-state index contributed by atoms with van der Waals surface area (Å²) in [5.74, 6) is 0.940. The molecule has 1 aromatic heterocycles. The van der Waals surface area contributed by atoms with Gasteiger partial charge < -0.3 is 15.4 Å². The number of benzene rings is 1. The van der Waals surface area contributed by atoms with Crippen LogP contribution in [0.25, 0.3) is 0 Å². The van der Waals surface area contributed by atoms with Crippen LogP contribution in [-0.2, 0) is 0 Å². The number of rotatable bonds is 5. The maximum absolute atomic E-state index is 12.6. The van der Waals surface area contributed by atoms with E-state index in [9.17, 15) is 14.9 Å². The van der Waals surface area contributed by atoms with E-state index in [1.165, 1.54) is 0 Å². The number of piperidine rings is 1. The average Bonchev–Trinajstić information content (AvgIpc) is 2.67. The zero-order valence-electron chi connectivity index (χ0n) is 14.3. The number of carbonyl (C=O) groups is 1. The van der Waals surface area contributed by atoms with Gasteiger partial charge in [-0.2, -0.15) is 4.98 Å². The van der Waals surface area contributed by atoms with E-state index < -0.39 is 4.92 Å². The summed E-state index contributed by atoms with van der Waals surface area (Å²) in [6.45, 7) is 1.17. The van der Waals surface area contributed by atoms with Crippen molar-refractivity contribution in [3.63, 3.8) is 0 Å². The summed E-state index contributed by atoms with van der Waals surface area (Å²) in [6.07, 6.45) is 2.43. The van der Waals surface area contributed by atoms with Gasteiger partial charge in [-0.25, -0.2) is 4.98 Å². The van der Waals surface area contributed by atoms with E-state index in [0.717, 1.165) is 6.20 Å². The fourth-order valence-electron chi connectivity index (χ4n) is 3.00. The lowest BCUT2D eigenvalue weighted by Gasteiger charge is -2.31. The van der Waals surface area contributed by atoms with Gasteiger partial charge in [-0.1, -0.05) is 0 Å². The Morgan fingerprint density at radius 1 is 1.31 bits per heavy atom. The van der Waals surface area contributed by atoms with Gasteiger partial charge in [0.05, 0.1) is 12.0 Å². The number of hydrogen-bond acceptors (Lipinski definition) is 8. The van der Waals surface area contributed by atoms with Crippen LogP contribution in [0.5, 0.6) is 5.75 Å². The number of nitro groups is 1. The van der Waals surface area contributed by atoms with Crippen molar-refractivity contribution in [1.82, 2.24) is 9.97 Å². The Hall–Kier alpha value is -3.23. The largest absolute Gasteiger partial charge is 0.497 e. The van der Waals surface area contributed by atoms with Crippen LogP contribution >= 0.6 is 0 Å². The Labute approximate surface area is 150 Å². The van der Waals surface area contributed by atoms with E-state index in [1.54, 1.807) is 31.4 Å². The number of ketones is 1. The third-order valence-corrected chi connectivity index (χ3v) is 4.51. The van der Waals surface area contributed by atoms with E-state index in [0.29, 0.717) is 43.2 Å². The molecule has 9 heteroatoms. The number of nitrogen functional groups attached to an aromatic ring is 1. The third-order valence-electron chi connectivity index (χ3n) is 4.51. The van der Waals surface area contributed by atoms with Crippen molar-refractivity contribution in [3.8, 4) is 5.75 Å². The molecule has 0 amide bonds. The summed E-state index contributed by atoms with van der Waals surface area (Å²) >= 11 is 0. The zero-order valence-corrected chi connectivity index (χ0v) is 14.3. The standard InChI is InChI=1S/C17H19N5O4/c1-26-13-4-2-11(3-5-13)15(23)12-6-8-21(9-7-12)17-19-10-14(22(24)25)16(18)20-17/h2-5,10,12H,6-9H2,1H3,(H2,18,19,20). The number of methoxy groups -OCH3 is 1. The number of anilines is 2. The molecule has 2 N–H and O–H groups in total. The molecule has 1 aliphatic rings. The second-order valence-electron chi connectivity index (χ2n) is 6.05. The number of aromatic nitrogens is 2. The molecule has 0 bridgehead atoms. The number of nitrogens with two attached hydrogens (primary N) is 1. The second kappa shape index (κ2) is 7.34. The monoisotopic (exact) mass is 357 g/mol. The lowest BCUT2D eigenvalue weighted by molar-refractivity contribution is -0.384. The van der Waals surface area contributed by atoms with Gasteiger partial charge in [0.1, 0.15) is 11.9 Å². The predicted octanol–water partition coefficient (Wildman–Crippen LogP) is 2.07. The van der Waals surface area contributed by atoms with Crippen LogP contribution in [0.2, 0.25) is 0 Å². The van der Waals surface area contributed by atoms with Crippen molar-refractivity contribution in [2.24, 2.45) is 5.92 Å². The summed E-state index contributed by atoms with van der Waals surface area (Å²) in [5, 5.41) is 10.8. The van der Waals surface area contributed by atoms with E-state index in [2.05, 4.69) is 9.97 Å². The molecule has 136 valence electrons. The number of hydrogen-bond donors (Lipinski definition) is 1. The van der Waals surface area contributed by atoms with Gasteiger partial charge in [0.2, 0.25) is 11.8 Å². The minimum Gasteiger partial charge on any atom is -0.497 e. The van der Waals surface area contributed by atoms with Crippen LogP contribution in [0, 0.1) is 16.0 Å². The van der Waals surface area contributed by atoms with Gasteiger partial charge >= 0.3 is 5.69 Å². The minimum atomic E-state index is -0.612. The fraction of sp³-hybridized carbons (Fsp3) is 0.353. The Balaban J connectivity index is 1.64. The minimum absolute atomic E-state index is 0.0740. The smallest absolute Gasteiger partial charge is 0.329 e. The molecule has 0 spiro atoms. The third kappa shape index (κ3) is 3.56. The van der Waals surface area contributed by atoms with E-state index in [4.69, 9.17) is 10.5 Å². The summed E-state index contributed by atoms with van der Waals surface area (Å²) in [4.78, 5) is 32.7. The molecule has 0 saturated carbocycles. The lowest BCUT2D eigenvalue weighted by atomic mass is 9.89. The molecule has 2 aromatic rings. The maximum atomic E-state index is 12.6. The molecular formula is C17H19N5O4. The molecule has 2 heterocycles. The van der Waals surface area contributed by atoms with Crippen LogP contribution in [0.4, 0.5) is 17.5 Å². The van der Waals surface area contributed by atoms with Crippen molar-refractivity contribution in [1.29, 1.82) is 0 Å². The molecule has 3 rings (SSSR count). The molecule has 9 nitrogen and oxygen atoms in total. The summed E-state index contributed by atoms with van der Waals surface area (Å²) in [7, 11) is 1.58. The highest BCUT2D eigenvalue weighted by atomic mass is 16.6.